The molecule has 0 spiro atoms. The van der Waals surface area contributed by atoms with Crippen LogP contribution in [0, 0.1) is 0 Å². The number of nitrogens with one attached hydrogen (secondary N) is 2. The van der Waals surface area contributed by atoms with Gasteiger partial charge in [-0.1, -0.05) is 11.6 Å². The Bertz CT molecular complexity index is 283. The van der Waals surface area contributed by atoms with E-state index in [0.29, 0.717) is 0 Å². The number of rotatable bonds is 7. The molecule has 0 aromatic heterocycles. The molecule has 0 rings (SSSR count). The molecule has 17 heavy (non-hydrogen) atoms. The van der Waals surface area contributed by atoms with Crippen molar-refractivity contribution in [2.24, 2.45) is 0 Å². The Morgan fingerprint density at radius 1 is 1.35 bits per heavy atom. The lowest BCUT2D eigenvalue weighted by Crippen LogP contribution is -2.41. The molecule has 3 N–H and O–H groups in total. The van der Waals surface area contributed by atoms with Crippen molar-refractivity contribution < 1.29 is 14.7 Å². The van der Waals surface area contributed by atoms with Crippen molar-refractivity contribution >= 4 is 12.0 Å². The minimum absolute atomic E-state index is 0.0560. The van der Waals surface area contributed by atoms with Crippen molar-refractivity contribution in [3.8, 4) is 0 Å². The van der Waals surface area contributed by atoms with Crippen LogP contribution in [0.2, 0.25) is 0 Å². The zero-order chi connectivity index (χ0) is 13.3. The van der Waals surface area contributed by atoms with Gasteiger partial charge in [-0.15, -0.1) is 0 Å². The van der Waals surface area contributed by atoms with E-state index in [-0.39, 0.29) is 25.0 Å². The summed E-state index contributed by atoms with van der Waals surface area (Å²) in [5.74, 6) is -0.915. The lowest BCUT2D eigenvalue weighted by Gasteiger charge is -2.13. The van der Waals surface area contributed by atoms with Gasteiger partial charge >= 0.3 is 12.0 Å². The molecular weight excluding hydrogens is 220 g/mol. The summed E-state index contributed by atoms with van der Waals surface area (Å²) in [5, 5.41) is 13.7. The summed E-state index contributed by atoms with van der Waals surface area (Å²) < 4.78 is 0. The van der Waals surface area contributed by atoms with Gasteiger partial charge in [0, 0.05) is 12.6 Å². The highest BCUT2D eigenvalue weighted by atomic mass is 16.4. The standard InChI is InChI=1S/C12H22N2O3/c1-9(2)5-4-6-10(3)14-12(17)13-8-7-11(15)16/h5,10H,4,6-8H2,1-3H3,(H,15,16)(H2,13,14,17). The second-order valence-corrected chi connectivity index (χ2v) is 4.30. The Balaban J connectivity index is 3.65. The molecule has 0 aliphatic rings. The second kappa shape index (κ2) is 8.61. The van der Waals surface area contributed by atoms with Crippen molar-refractivity contribution in [3.05, 3.63) is 11.6 Å². The molecule has 0 bridgehead atoms. The molecule has 0 aromatic rings. The van der Waals surface area contributed by atoms with Crippen molar-refractivity contribution in [3.63, 3.8) is 0 Å². The van der Waals surface area contributed by atoms with E-state index >= 15 is 0 Å². The molecule has 5 heteroatoms. The Morgan fingerprint density at radius 2 is 2.00 bits per heavy atom. The number of hydrogen-bond acceptors (Lipinski definition) is 2. The topological polar surface area (TPSA) is 78.4 Å². The van der Waals surface area contributed by atoms with E-state index in [1.807, 2.05) is 20.8 Å². The number of aliphatic carboxylic acids is 1. The van der Waals surface area contributed by atoms with E-state index in [4.69, 9.17) is 5.11 Å². The van der Waals surface area contributed by atoms with Gasteiger partial charge in [0.2, 0.25) is 0 Å². The van der Waals surface area contributed by atoms with Crippen LogP contribution in [0.5, 0.6) is 0 Å². The maximum absolute atomic E-state index is 11.3. The molecule has 0 fully saturated rings. The molecule has 0 aromatic carbocycles. The Kier molecular flexibility index (Phi) is 7.84. The number of carboxylic acid groups (broad SMARTS) is 1. The number of carbonyl (C=O) groups is 2. The van der Waals surface area contributed by atoms with Crippen LogP contribution in [0.15, 0.2) is 11.6 Å². The van der Waals surface area contributed by atoms with E-state index < -0.39 is 5.97 Å². The third-order valence-electron chi connectivity index (χ3n) is 2.15. The van der Waals surface area contributed by atoms with Crippen LogP contribution in [0.4, 0.5) is 4.79 Å². The first kappa shape index (κ1) is 15.5. The molecule has 5 nitrogen and oxygen atoms in total. The number of carboxylic acids is 1. The highest BCUT2D eigenvalue weighted by Gasteiger charge is 2.06. The minimum Gasteiger partial charge on any atom is -0.481 e. The number of hydrogen-bond donors (Lipinski definition) is 3. The largest absolute Gasteiger partial charge is 0.481 e. The molecule has 1 atom stereocenters. The molecular formula is C12H22N2O3. The Labute approximate surface area is 102 Å². The van der Waals surface area contributed by atoms with Crippen molar-refractivity contribution in [1.82, 2.24) is 10.6 Å². The van der Waals surface area contributed by atoms with E-state index in [2.05, 4.69) is 16.7 Å². The van der Waals surface area contributed by atoms with E-state index in [1.54, 1.807) is 0 Å². The van der Waals surface area contributed by atoms with Crippen LogP contribution in [0.25, 0.3) is 0 Å². The molecule has 1 unspecified atom stereocenters. The number of carbonyl (C=O) groups excluding carboxylic acids is 1. The molecule has 0 saturated carbocycles. The number of allylic oxidation sites excluding steroid dienone is 2. The Morgan fingerprint density at radius 3 is 2.53 bits per heavy atom. The summed E-state index contributed by atoms with van der Waals surface area (Å²) in [4.78, 5) is 21.5. The molecule has 0 aliphatic carbocycles. The summed E-state index contributed by atoms with van der Waals surface area (Å²) in [5.41, 5.74) is 1.27. The molecule has 0 aliphatic heterocycles. The predicted molar refractivity (Wildman–Crippen MR) is 66.9 cm³/mol. The van der Waals surface area contributed by atoms with E-state index in [1.165, 1.54) is 5.57 Å². The first-order valence-electron chi connectivity index (χ1n) is 5.81. The van der Waals surface area contributed by atoms with Crippen molar-refractivity contribution in [2.75, 3.05) is 6.54 Å². The molecule has 0 radical (unpaired) electrons. The third kappa shape index (κ3) is 10.8. The van der Waals surface area contributed by atoms with Gasteiger partial charge in [-0.2, -0.15) is 0 Å². The fourth-order valence-electron chi connectivity index (χ4n) is 1.25. The van der Waals surface area contributed by atoms with Gasteiger partial charge in [0.05, 0.1) is 6.42 Å². The maximum Gasteiger partial charge on any atom is 0.315 e. The number of urea groups is 1. The van der Waals surface area contributed by atoms with Gasteiger partial charge in [-0.25, -0.2) is 4.79 Å². The van der Waals surface area contributed by atoms with Crippen LogP contribution in [0.3, 0.4) is 0 Å². The van der Waals surface area contributed by atoms with E-state index in [9.17, 15) is 9.59 Å². The predicted octanol–water partition coefficient (Wildman–Crippen LogP) is 1.90. The monoisotopic (exact) mass is 242 g/mol. The zero-order valence-electron chi connectivity index (χ0n) is 10.7. The summed E-state index contributed by atoms with van der Waals surface area (Å²) >= 11 is 0. The van der Waals surface area contributed by atoms with Crippen LogP contribution in [-0.4, -0.2) is 29.7 Å². The summed E-state index contributed by atoms with van der Waals surface area (Å²) in [7, 11) is 0. The first-order chi connectivity index (χ1) is 7.91. The molecule has 2 amide bonds. The SMILES string of the molecule is CC(C)=CCCC(C)NC(=O)NCCC(=O)O. The third-order valence-corrected chi connectivity index (χ3v) is 2.15. The van der Waals surface area contributed by atoms with Crippen molar-refractivity contribution in [1.29, 1.82) is 0 Å². The van der Waals surface area contributed by atoms with Crippen LogP contribution < -0.4 is 10.6 Å². The van der Waals surface area contributed by atoms with Gasteiger partial charge in [-0.3, -0.25) is 4.79 Å². The summed E-state index contributed by atoms with van der Waals surface area (Å²) in [6, 6.07) is -0.230. The smallest absolute Gasteiger partial charge is 0.315 e. The van der Waals surface area contributed by atoms with Crippen molar-refractivity contribution in [2.45, 2.75) is 46.1 Å². The summed E-state index contributed by atoms with van der Waals surface area (Å²) in [6.07, 6.45) is 3.87. The molecule has 0 heterocycles. The van der Waals surface area contributed by atoms with Crippen LogP contribution in [-0.2, 0) is 4.79 Å². The second-order valence-electron chi connectivity index (χ2n) is 4.30. The minimum atomic E-state index is -0.915. The average Bonchev–Trinajstić information content (AvgIpc) is 2.15. The van der Waals surface area contributed by atoms with Gasteiger partial charge in [0.25, 0.3) is 0 Å². The highest BCUT2D eigenvalue weighted by Crippen LogP contribution is 2.00. The maximum atomic E-state index is 11.3. The van der Waals surface area contributed by atoms with Gasteiger partial charge < -0.3 is 15.7 Å². The van der Waals surface area contributed by atoms with E-state index in [0.717, 1.165) is 12.8 Å². The first-order valence-corrected chi connectivity index (χ1v) is 5.81. The normalized spacial score (nSPS) is 11.5. The Hall–Kier alpha value is -1.52. The summed E-state index contributed by atoms with van der Waals surface area (Å²) in [6.45, 7) is 6.16. The van der Waals surface area contributed by atoms with Crippen LogP contribution in [0.1, 0.15) is 40.0 Å². The fraction of sp³-hybridized carbons (Fsp3) is 0.667. The molecule has 0 saturated heterocycles. The lowest BCUT2D eigenvalue weighted by atomic mass is 10.1. The quantitative estimate of drug-likeness (QED) is 0.596. The fourth-order valence-corrected chi connectivity index (χ4v) is 1.25. The number of amides is 2. The van der Waals surface area contributed by atoms with Gasteiger partial charge in [0.1, 0.15) is 0 Å². The van der Waals surface area contributed by atoms with Crippen LogP contribution >= 0.6 is 0 Å². The average molecular weight is 242 g/mol. The van der Waals surface area contributed by atoms with Gasteiger partial charge in [-0.05, 0) is 33.6 Å². The molecule has 98 valence electrons. The van der Waals surface area contributed by atoms with Gasteiger partial charge in [0.15, 0.2) is 0 Å². The highest BCUT2D eigenvalue weighted by molar-refractivity contribution is 5.75. The zero-order valence-corrected chi connectivity index (χ0v) is 10.7. The lowest BCUT2D eigenvalue weighted by molar-refractivity contribution is -0.136.